The fraction of sp³-hybridized carbons (Fsp3) is 0.444. The van der Waals surface area contributed by atoms with Crippen LogP contribution in [0.4, 0.5) is 13.6 Å². The molecule has 0 bridgehead atoms. The van der Waals surface area contributed by atoms with E-state index in [-0.39, 0.29) is 41.0 Å². The topological polar surface area (TPSA) is 73.7 Å². The van der Waals surface area contributed by atoms with Crippen molar-refractivity contribution in [2.75, 3.05) is 20.2 Å². The molecule has 0 saturated carbocycles. The van der Waals surface area contributed by atoms with Crippen LogP contribution in [0.15, 0.2) is 35.4 Å². The van der Waals surface area contributed by atoms with Crippen LogP contribution in [0, 0.1) is 18.6 Å². The van der Waals surface area contributed by atoms with Gasteiger partial charge >= 0.3 is 6.09 Å². The minimum absolute atomic E-state index is 0.0218. The van der Waals surface area contributed by atoms with Crippen LogP contribution in [-0.4, -0.2) is 46.3 Å². The molecule has 0 spiro atoms. The van der Waals surface area contributed by atoms with Gasteiger partial charge in [-0.25, -0.2) is 18.6 Å². The highest BCUT2D eigenvalue weighted by Crippen LogP contribution is 2.29. The Morgan fingerprint density at radius 2 is 1.83 bits per heavy atom. The van der Waals surface area contributed by atoms with Crippen LogP contribution in [0.3, 0.4) is 0 Å². The third-order valence-corrected chi connectivity index (χ3v) is 6.40. The highest BCUT2D eigenvalue weighted by molar-refractivity contribution is 5.78. The molecule has 1 aliphatic rings. The average molecular weight is 500 g/mol. The summed E-state index contributed by atoms with van der Waals surface area (Å²) in [7, 11) is 1.34. The number of benzene rings is 2. The first-order valence-electron chi connectivity index (χ1n) is 12.0. The van der Waals surface area contributed by atoms with Gasteiger partial charge in [-0.05, 0) is 69.9 Å². The Morgan fingerprint density at radius 1 is 1.14 bits per heavy atom. The maximum atomic E-state index is 14.8. The van der Waals surface area contributed by atoms with E-state index < -0.39 is 17.2 Å². The quantitative estimate of drug-likeness (QED) is 0.496. The second-order valence-electron chi connectivity index (χ2n) is 10.2. The molecule has 4 rings (SSSR count). The molecule has 192 valence electrons. The molecule has 1 amide bonds. The molecule has 0 atom stereocenters. The minimum Gasteiger partial charge on any atom is -0.494 e. The van der Waals surface area contributed by atoms with Crippen LogP contribution in [0.25, 0.3) is 10.9 Å². The lowest BCUT2D eigenvalue weighted by atomic mass is 9.99. The van der Waals surface area contributed by atoms with Gasteiger partial charge in [0, 0.05) is 31.1 Å². The van der Waals surface area contributed by atoms with Crippen LogP contribution in [0.1, 0.15) is 56.3 Å². The molecule has 0 unspecified atom stereocenters. The van der Waals surface area contributed by atoms with Crippen LogP contribution >= 0.6 is 0 Å². The number of hydrogen-bond donors (Lipinski definition) is 0. The molecule has 36 heavy (non-hydrogen) atoms. The van der Waals surface area contributed by atoms with Gasteiger partial charge in [-0.15, -0.1) is 0 Å². The van der Waals surface area contributed by atoms with Crippen LogP contribution in [0.2, 0.25) is 0 Å². The summed E-state index contributed by atoms with van der Waals surface area (Å²) in [6, 6.07) is 6.25. The largest absolute Gasteiger partial charge is 0.494 e. The second kappa shape index (κ2) is 9.87. The monoisotopic (exact) mass is 499 g/mol. The highest BCUT2D eigenvalue weighted by Gasteiger charge is 2.28. The van der Waals surface area contributed by atoms with Crippen LogP contribution < -0.4 is 10.3 Å². The molecule has 1 fully saturated rings. The molecule has 2 aromatic carbocycles. The maximum absolute atomic E-state index is 14.8. The molecular weight excluding hydrogens is 468 g/mol. The standard InChI is InChI=1S/C27H31F2N3O4/c1-16-12-22(35-5)24(29)20(23(16)28)14-17-6-7-21-19(13-17)25(33)32(15-30-21)18-8-10-31(11-9-18)26(34)36-27(2,3)4/h6-7,12-13,15,18H,8-11,14H2,1-5H3. The number of hydrogen-bond acceptors (Lipinski definition) is 5. The van der Waals surface area contributed by atoms with Gasteiger partial charge in [-0.2, -0.15) is 0 Å². The van der Waals surface area contributed by atoms with E-state index in [2.05, 4.69) is 4.98 Å². The number of piperidine rings is 1. The predicted octanol–water partition coefficient (Wildman–Crippen LogP) is 5.15. The third kappa shape index (κ3) is 5.20. The molecule has 3 aromatic rings. The zero-order valence-corrected chi connectivity index (χ0v) is 21.2. The zero-order valence-electron chi connectivity index (χ0n) is 21.2. The number of carbonyl (C=O) groups is 1. The van der Waals surface area contributed by atoms with Crippen molar-refractivity contribution in [3.63, 3.8) is 0 Å². The lowest BCUT2D eigenvalue weighted by Gasteiger charge is -2.34. The summed E-state index contributed by atoms with van der Waals surface area (Å²) < 4.78 is 41.6. The molecule has 1 aromatic heterocycles. The summed E-state index contributed by atoms with van der Waals surface area (Å²) in [5, 5.41) is 0.380. The molecule has 9 heteroatoms. The van der Waals surface area contributed by atoms with E-state index in [9.17, 15) is 18.4 Å². The molecular formula is C27H31F2N3O4. The van der Waals surface area contributed by atoms with E-state index in [1.807, 2.05) is 20.8 Å². The average Bonchev–Trinajstić information content (AvgIpc) is 2.83. The van der Waals surface area contributed by atoms with E-state index >= 15 is 0 Å². The van der Waals surface area contributed by atoms with Gasteiger partial charge in [0.25, 0.3) is 5.56 Å². The van der Waals surface area contributed by atoms with Crippen molar-refractivity contribution in [1.29, 1.82) is 0 Å². The van der Waals surface area contributed by atoms with Gasteiger partial charge in [0.2, 0.25) is 0 Å². The van der Waals surface area contributed by atoms with E-state index in [4.69, 9.17) is 9.47 Å². The van der Waals surface area contributed by atoms with Gasteiger partial charge < -0.3 is 14.4 Å². The molecule has 0 aliphatic carbocycles. The Balaban J connectivity index is 1.58. The number of amides is 1. The van der Waals surface area contributed by atoms with Gasteiger partial charge in [-0.3, -0.25) is 9.36 Å². The lowest BCUT2D eigenvalue weighted by Crippen LogP contribution is -2.43. The summed E-state index contributed by atoms with van der Waals surface area (Å²) in [6.07, 6.45) is 2.32. The van der Waals surface area contributed by atoms with E-state index in [0.29, 0.717) is 42.4 Å². The SMILES string of the molecule is COc1cc(C)c(F)c(Cc2ccc3ncn(C4CCN(C(=O)OC(C)(C)C)CC4)c(=O)c3c2)c1F. The van der Waals surface area contributed by atoms with Crippen molar-refractivity contribution < 1.29 is 23.0 Å². The molecule has 0 radical (unpaired) electrons. The van der Waals surface area contributed by atoms with E-state index in [1.165, 1.54) is 19.5 Å². The van der Waals surface area contributed by atoms with Crippen molar-refractivity contribution in [3.05, 3.63) is 69.3 Å². The van der Waals surface area contributed by atoms with Gasteiger partial charge in [-0.1, -0.05) is 6.07 Å². The lowest BCUT2D eigenvalue weighted by molar-refractivity contribution is 0.0187. The number of ether oxygens (including phenoxy) is 2. The number of fused-ring (bicyclic) bond motifs is 1. The maximum Gasteiger partial charge on any atom is 0.410 e. The van der Waals surface area contributed by atoms with Crippen molar-refractivity contribution >= 4 is 17.0 Å². The highest BCUT2D eigenvalue weighted by atomic mass is 19.1. The van der Waals surface area contributed by atoms with Gasteiger partial charge in [0.05, 0.1) is 24.3 Å². The fourth-order valence-electron chi connectivity index (χ4n) is 4.52. The normalized spacial score (nSPS) is 14.8. The Morgan fingerprint density at radius 3 is 2.47 bits per heavy atom. The van der Waals surface area contributed by atoms with Gasteiger partial charge in [0.15, 0.2) is 11.6 Å². The van der Waals surface area contributed by atoms with Crippen molar-refractivity contribution in [2.24, 2.45) is 0 Å². The van der Waals surface area contributed by atoms with E-state index in [1.54, 1.807) is 34.6 Å². The third-order valence-electron chi connectivity index (χ3n) is 6.40. The van der Waals surface area contributed by atoms with Crippen LogP contribution in [0.5, 0.6) is 5.75 Å². The van der Waals surface area contributed by atoms with Crippen molar-refractivity contribution in [1.82, 2.24) is 14.5 Å². The number of carbonyl (C=O) groups excluding carboxylic acids is 1. The molecule has 2 heterocycles. The fourth-order valence-corrected chi connectivity index (χ4v) is 4.52. The molecule has 1 aliphatic heterocycles. The smallest absolute Gasteiger partial charge is 0.410 e. The molecule has 7 nitrogen and oxygen atoms in total. The summed E-state index contributed by atoms with van der Waals surface area (Å²) in [5.74, 6) is -1.40. The van der Waals surface area contributed by atoms with E-state index in [0.717, 1.165) is 0 Å². The second-order valence-corrected chi connectivity index (χ2v) is 10.2. The predicted molar refractivity (Wildman–Crippen MR) is 133 cm³/mol. The first kappa shape index (κ1) is 25.6. The Kier molecular flexibility index (Phi) is 7.02. The van der Waals surface area contributed by atoms with Crippen molar-refractivity contribution in [3.8, 4) is 5.75 Å². The number of likely N-dealkylation sites (tertiary alicyclic amines) is 1. The minimum atomic E-state index is -0.749. The summed E-state index contributed by atoms with van der Waals surface area (Å²) >= 11 is 0. The number of aromatic nitrogens is 2. The summed E-state index contributed by atoms with van der Waals surface area (Å²) in [4.78, 5) is 31.8. The first-order chi connectivity index (χ1) is 17.0. The Labute approximate surface area is 208 Å². The number of nitrogens with zero attached hydrogens (tertiary/aromatic N) is 3. The van der Waals surface area contributed by atoms with Crippen molar-refractivity contribution in [2.45, 2.75) is 58.6 Å². The number of aryl methyl sites for hydroxylation is 1. The Hall–Kier alpha value is -3.49. The molecule has 1 saturated heterocycles. The van der Waals surface area contributed by atoms with Gasteiger partial charge in [0.1, 0.15) is 11.4 Å². The first-order valence-corrected chi connectivity index (χ1v) is 12.0. The number of rotatable bonds is 4. The Bertz CT molecular complexity index is 1360. The number of halogens is 2. The summed E-state index contributed by atoms with van der Waals surface area (Å²) in [5.41, 5.74) is 0.481. The van der Waals surface area contributed by atoms with Crippen LogP contribution in [-0.2, 0) is 11.2 Å². The zero-order chi connectivity index (χ0) is 26.2. The summed E-state index contributed by atoms with van der Waals surface area (Å²) in [6.45, 7) is 7.97. The number of methoxy groups -OCH3 is 1. The molecule has 0 N–H and O–H groups in total.